The molecule has 1 aromatic rings. The maximum atomic E-state index is 5.86. The van der Waals surface area contributed by atoms with Crippen LogP contribution in [0.15, 0.2) is 6.07 Å². The number of hydrogen-bond acceptors (Lipinski definition) is 5. The topological polar surface area (TPSA) is 58.3 Å². The minimum Gasteiger partial charge on any atom is -0.384 e. The maximum absolute atomic E-state index is 5.86. The molecule has 0 aliphatic carbocycles. The van der Waals surface area contributed by atoms with Gasteiger partial charge in [0.25, 0.3) is 0 Å². The summed E-state index contributed by atoms with van der Waals surface area (Å²) >= 11 is 0. The predicted molar refractivity (Wildman–Crippen MR) is 79.4 cm³/mol. The second kappa shape index (κ2) is 6.19. The van der Waals surface area contributed by atoms with Crippen LogP contribution in [0.25, 0.3) is 0 Å². The van der Waals surface area contributed by atoms with Gasteiger partial charge in [-0.3, -0.25) is 0 Å². The molecule has 5 heteroatoms. The van der Waals surface area contributed by atoms with Crippen molar-refractivity contribution in [3.63, 3.8) is 0 Å². The van der Waals surface area contributed by atoms with Crippen molar-refractivity contribution >= 4 is 11.6 Å². The fourth-order valence-electron chi connectivity index (χ4n) is 2.65. The summed E-state index contributed by atoms with van der Waals surface area (Å²) < 4.78 is 0. The molecule has 106 valence electrons. The van der Waals surface area contributed by atoms with Crippen molar-refractivity contribution in [2.45, 2.75) is 39.2 Å². The van der Waals surface area contributed by atoms with Gasteiger partial charge in [-0.2, -0.15) is 0 Å². The van der Waals surface area contributed by atoms with Crippen molar-refractivity contribution in [3.8, 4) is 0 Å². The van der Waals surface area contributed by atoms with Crippen LogP contribution < -0.4 is 10.6 Å². The minimum atomic E-state index is 0.557. The van der Waals surface area contributed by atoms with Crippen molar-refractivity contribution in [1.82, 2.24) is 14.9 Å². The molecule has 0 bridgehead atoms. The van der Waals surface area contributed by atoms with Crippen LogP contribution in [0, 0.1) is 0 Å². The molecule has 0 radical (unpaired) electrons. The van der Waals surface area contributed by atoms with E-state index in [1.54, 1.807) is 0 Å². The Balaban J connectivity index is 2.07. The number of likely N-dealkylation sites (tertiary alicyclic amines) is 1. The van der Waals surface area contributed by atoms with Crippen molar-refractivity contribution in [3.05, 3.63) is 11.9 Å². The van der Waals surface area contributed by atoms with Crippen LogP contribution in [0.3, 0.4) is 0 Å². The zero-order valence-electron chi connectivity index (χ0n) is 12.3. The second-order valence-electron chi connectivity index (χ2n) is 5.20. The average molecular weight is 263 g/mol. The molecule has 1 aliphatic heterocycles. The molecule has 5 nitrogen and oxygen atoms in total. The molecule has 0 aromatic carbocycles. The fourth-order valence-corrected chi connectivity index (χ4v) is 2.65. The van der Waals surface area contributed by atoms with Gasteiger partial charge in [0.1, 0.15) is 17.5 Å². The van der Waals surface area contributed by atoms with E-state index in [2.05, 4.69) is 40.7 Å². The van der Waals surface area contributed by atoms with Gasteiger partial charge >= 0.3 is 0 Å². The van der Waals surface area contributed by atoms with Crippen molar-refractivity contribution in [2.24, 2.45) is 0 Å². The van der Waals surface area contributed by atoms with E-state index in [1.807, 2.05) is 6.07 Å². The van der Waals surface area contributed by atoms with Gasteiger partial charge in [0.15, 0.2) is 0 Å². The molecular weight excluding hydrogens is 238 g/mol. The molecule has 0 spiro atoms. The van der Waals surface area contributed by atoms with Gasteiger partial charge < -0.3 is 15.5 Å². The van der Waals surface area contributed by atoms with Crippen LogP contribution in [0.4, 0.5) is 11.6 Å². The first kappa shape index (κ1) is 14.1. The smallest absolute Gasteiger partial charge is 0.134 e. The fraction of sp³-hybridized carbons (Fsp3) is 0.714. The minimum absolute atomic E-state index is 0.557. The lowest BCUT2D eigenvalue weighted by Crippen LogP contribution is -2.43. The molecule has 1 aliphatic rings. The SMILES string of the molecule is CCc1nc(N)cc(N(C)C2CCN(CC)CC2)n1. The Bertz CT molecular complexity index is 412. The molecule has 0 unspecified atom stereocenters. The third-order valence-corrected chi connectivity index (χ3v) is 4.01. The van der Waals surface area contributed by atoms with E-state index in [9.17, 15) is 0 Å². The number of nitrogens with zero attached hydrogens (tertiary/aromatic N) is 4. The number of anilines is 2. The highest BCUT2D eigenvalue weighted by Crippen LogP contribution is 2.21. The predicted octanol–water partition coefficient (Wildman–Crippen LogP) is 1.54. The average Bonchev–Trinajstić information content (AvgIpc) is 2.46. The number of aromatic nitrogens is 2. The molecular formula is C14H25N5. The zero-order valence-corrected chi connectivity index (χ0v) is 12.3. The number of hydrogen-bond donors (Lipinski definition) is 1. The summed E-state index contributed by atoms with van der Waals surface area (Å²) in [7, 11) is 2.12. The standard InChI is InChI=1S/C14H25N5/c1-4-13-16-12(15)10-14(17-13)18(3)11-6-8-19(5-2)9-7-11/h10-11H,4-9H2,1-3H3,(H2,15,16,17). The molecule has 0 atom stereocenters. The molecule has 2 rings (SSSR count). The Kier molecular flexibility index (Phi) is 4.58. The van der Waals surface area contributed by atoms with Gasteiger partial charge in [-0.1, -0.05) is 13.8 Å². The van der Waals surface area contributed by atoms with Crippen molar-refractivity contribution in [1.29, 1.82) is 0 Å². The lowest BCUT2D eigenvalue weighted by molar-refractivity contribution is 0.220. The second-order valence-corrected chi connectivity index (χ2v) is 5.20. The highest BCUT2D eigenvalue weighted by molar-refractivity contribution is 5.47. The Morgan fingerprint density at radius 1 is 1.32 bits per heavy atom. The number of nitrogens with two attached hydrogens (primary N) is 1. The quantitative estimate of drug-likeness (QED) is 0.893. The van der Waals surface area contributed by atoms with E-state index in [0.29, 0.717) is 11.9 Å². The highest BCUT2D eigenvalue weighted by Gasteiger charge is 2.22. The summed E-state index contributed by atoms with van der Waals surface area (Å²) in [5, 5.41) is 0. The first-order valence-electron chi connectivity index (χ1n) is 7.22. The third kappa shape index (κ3) is 3.35. The van der Waals surface area contributed by atoms with Crippen LogP contribution in [-0.4, -0.2) is 47.6 Å². The summed E-state index contributed by atoms with van der Waals surface area (Å²) in [5.74, 6) is 2.35. The normalized spacial score (nSPS) is 17.6. The Morgan fingerprint density at radius 3 is 2.58 bits per heavy atom. The number of rotatable bonds is 4. The van der Waals surface area contributed by atoms with Gasteiger partial charge in [0.2, 0.25) is 0 Å². The van der Waals surface area contributed by atoms with Gasteiger partial charge in [-0.25, -0.2) is 9.97 Å². The van der Waals surface area contributed by atoms with Gasteiger partial charge in [0.05, 0.1) is 0 Å². The molecule has 1 fully saturated rings. The van der Waals surface area contributed by atoms with E-state index < -0.39 is 0 Å². The third-order valence-electron chi connectivity index (χ3n) is 4.01. The van der Waals surface area contributed by atoms with E-state index >= 15 is 0 Å². The molecule has 0 saturated carbocycles. The van der Waals surface area contributed by atoms with Crippen LogP contribution >= 0.6 is 0 Å². The van der Waals surface area contributed by atoms with E-state index in [0.717, 1.165) is 24.6 Å². The van der Waals surface area contributed by atoms with E-state index in [1.165, 1.54) is 25.9 Å². The number of nitrogen functional groups attached to an aromatic ring is 1. The Hall–Kier alpha value is -1.36. The van der Waals surface area contributed by atoms with E-state index in [-0.39, 0.29) is 0 Å². The summed E-state index contributed by atoms with van der Waals surface area (Å²) in [6.07, 6.45) is 3.20. The summed E-state index contributed by atoms with van der Waals surface area (Å²) in [4.78, 5) is 13.6. The first-order chi connectivity index (χ1) is 9.13. The highest BCUT2D eigenvalue weighted by atomic mass is 15.2. The maximum Gasteiger partial charge on any atom is 0.134 e. The van der Waals surface area contributed by atoms with Crippen LogP contribution in [0.2, 0.25) is 0 Å². The molecule has 1 aromatic heterocycles. The number of aryl methyl sites for hydroxylation is 1. The van der Waals surface area contributed by atoms with Crippen LogP contribution in [-0.2, 0) is 6.42 Å². The first-order valence-corrected chi connectivity index (χ1v) is 7.22. The van der Waals surface area contributed by atoms with Gasteiger partial charge in [-0.15, -0.1) is 0 Å². The summed E-state index contributed by atoms with van der Waals surface area (Å²) in [6, 6.07) is 2.44. The zero-order chi connectivity index (χ0) is 13.8. The molecule has 0 amide bonds. The summed E-state index contributed by atoms with van der Waals surface area (Å²) in [6.45, 7) is 7.78. The van der Waals surface area contributed by atoms with Gasteiger partial charge in [0, 0.05) is 38.7 Å². The molecule has 19 heavy (non-hydrogen) atoms. The van der Waals surface area contributed by atoms with Crippen molar-refractivity contribution < 1.29 is 0 Å². The number of piperidine rings is 1. The lowest BCUT2D eigenvalue weighted by atomic mass is 10.0. The van der Waals surface area contributed by atoms with Crippen LogP contribution in [0.5, 0.6) is 0 Å². The molecule has 1 saturated heterocycles. The van der Waals surface area contributed by atoms with E-state index in [4.69, 9.17) is 5.73 Å². The lowest BCUT2D eigenvalue weighted by Gasteiger charge is -2.36. The van der Waals surface area contributed by atoms with Crippen molar-refractivity contribution in [2.75, 3.05) is 37.3 Å². The Morgan fingerprint density at radius 2 is 2.00 bits per heavy atom. The summed E-state index contributed by atoms with van der Waals surface area (Å²) in [5.41, 5.74) is 5.86. The largest absolute Gasteiger partial charge is 0.384 e. The Labute approximate surface area is 115 Å². The molecule has 2 heterocycles. The van der Waals surface area contributed by atoms with Crippen LogP contribution in [0.1, 0.15) is 32.5 Å². The monoisotopic (exact) mass is 263 g/mol. The molecule has 2 N–H and O–H groups in total. The van der Waals surface area contributed by atoms with Gasteiger partial charge in [-0.05, 0) is 19.4 Å².